The van der Waals surface area contributed by atoms with Gasteiger partial charge in [0.1, 0.15) is 11.4 Å². The van der Waals surface area contributed by atoms with Gasteiger partial charge in [0, 0.05) is 18.4 Å². The van der Waals surface area contributed by atoms with Gasteiger partial charge >= 0.3 is 6.09 Å². The number of carbonyl (C=O) groups is 1. The van der Waals surface area contributed by atoms with E-state index in [9.17, 15) is 4.79 Å². The average Bonchev–Trinajstić information content (AvgIpc) is 2.63. The topological polar surface area (TPSA) is 63.7 Å². The Morgan fingerprint density at radius 2 is 2.00 bits per heavy atom. The van der Waals surface area contributed by atoms with E-state index in [0.29, 0.717) is 30.6 Å². The SMILES string of the molecule is CC(C)(C)OC(=O)N1CCOCC1c1ccc(Nc2ccc(Cl)cn2)cc1. The molecule has 6 nitrogen and oxygen atoms in total. The van der Waals surface area contributed by atoms with Gasteiger partial charge in [-0.05, 0) is 50.6 Å². The zero-order valence-corrected chi connectivity index (χ0v) is 16.5. The fourth-order valence-corrected chi connectivity index (χ4v) is 2.92. The zero-order valence-electron chi connectivity index (χ0n) is 15.7. The summed E-state index contributed by atoms with van der Waals surface area (Å²) < 4.78 is 11.1. The van der Waals surface area contributed by atoms with Crippen molar-refractivity contribution in [1.82, 2.24) is 9.88 Å². The molecule has 1 aliphatic rings. The van der Waals surface area contributed by atoms with E-state index < -0.39 is 5.60 Å². The number of hydrogen-bond donors (Lipinski definition) is 1. The first-order chi connectivity index (χ1) is 12.8. The second-order valence-electron chi connectivity index (χ2n) is 7.37. The Balaban J connectivity index is 1.72. The molecule has 1 atom stereocenters. The molecule has 1 unspecified atom stereocenters. The van der Waals surface area contributed by atoms with Gasteiger partial charge in [0.15, 0.2) is 0 Å². The Labute approximate surface area is 164 Å². The summed E-state index contributed by atoms with van der Waals surface area (Å²) in [6.07, 6.45) is 1.28. The lowest BCUT2D eigenvalue weighted by atomic mass is 10.0. The van der Waals surface area contributed by atoms with Gasteiger partial charge in [-0.25, -0.2) is 9.78 Å². The highest BCUT2D eigenvalue weighted by atomic mass is 35.5. The van der Waals surface area contributed by atoms with Crippen LogP contribution in [0.2, 0.25) is 5.02 Å². The average molecular weight is 390 g/mol. The molecular weight excluding hydrogens is 366 g/mol. The number of rotatable bonds is 3. The molecule has 0 saturated carbocycles. The van der Waals surface area contributed by atoms with Crippen LogP contribution in [0, 0.1) is 0 Å². The third kappa shape index (κ3) is 5.34. The highest BCUT2D eigenvalue weighted by Crippen LogP contribution is 2.28. The summed E-state index contributed by atoms with van der Waals surface area (Å²) in [5, 5.41) is 3.81. The highest BCUT2D eigenvalue weighted by molar-refractivity contribution is 6.30. The van der Waals surface area contributed by atoms with Crippen molar-refractivity contribution in [3.63, 3.8) is 0 Å². The van der Waals surface area contributed by atoms with Crippen LogP contribution in [-0.2, 0) is 9.47 Å². The number of aromatic nitrogens is 1. The van der Waals surface area contributed by atoms with Crippen LogP contribution in [0.15, 0.2) is 42.6 Å². The first kappa shape index (κ1) is 19.5. The Morgan fingerprint density at radius 1 is 1.26 bits per heavy atom. The van der Waals surface area contributed by atoms with Gasteiger partial charge in [0.05, 0.1) is 24.3 Å². The molecule has 144 valence electrons. The summed E-state index contributed by atoms with van der Waals surface area (Å²) in [5.41, 5.74) is 1.36. The zero-order chi connectivity index (χ0) is 19.4. The molecule has 3 rings (SSSR count). The highest BCUT2D eigenvalue weighted by Gasteiger charge is 2.31. The lowest BCUT2D eigenvalue weighted by Gasteiger charge is -2.36. The maximum Gasteiger partial charge on any atom is 0.410 e. The lowest BCUT2D eigenvalue weighted by molar-refractivity contribution is -0.0331. The molecule has 2 heterocycles. The Bertz CT molecular complexity index is 773. The number of halogens is 1. The molecule has 0 aliphatic carbocycles. The molecule has 1 amide bonds. The predicted octanol–water partition coefficient (Wildman–Crippen LogP) is 4.79. The van der Waals surface area contributed by atoms with Gasteiger partial charge in [-0.1, -0.05) is 23.7 Å². The van der Waals surface area contributed by atoms with E-state index in [0.717, 1.165) is 11.3 Å². The predicted molar refractivity (Wildman–Crippen MR) is 105 cm³/mol. The Morgan fingerprint density at radius 3 is 2.63 bits per heavy atom. The van der Waals surface area contributed by atoms with Crippen molar-refractivity contribution in [2.45, 2.75) is 32.4 Å². The lowest BCUT2D eigenvalue weighted by Crippen LogP contribution is -2.45. The summed E-state index contributed by atoms with van der Waals surface area (Å²) in [6, 6.07) is 11.3. The van der Waals surface area contributed by atoms with Crippen molar-refractivity contribution >= 4 is 29.2 Å². The molecule has 1 aliphatic heterocycles. The van der Waals surface area contributed by atoms with Crippen LogP contribution in [0.5, 0.6) is 0 Å². The second-order valence-corrected chi connectivity index (χ2v) is 7.81. The molecule has 0 spiro atoms. The number of anilines is 2. The molecule has 0 radical (unpaired) electrons. The van der Waals surface area contributed by atoms with Gasteiger partial charge in [0.25, 0.3) is 0 Å². The van der Waals surface area contributed by atoms with Gasteiger partial charge in [-0.3, -0.25) is 4.90 Å². The van der Waals surface area contributed by atoms with Crippen LogP contribution in [0.3, 0.4) is 0 Å². The van der Waals surface area contributed by atoms with Crippen LogP contribution >= 0.6 is 11.6 Å². The minimum absolute atomic E-state index is 0.170. The van der Waals surface area contributed by atoms with Crippen LogP contribution in [-0.4, -0.2) is 41.3 Å². The molecule has 2 aromatic rings. The van der Waals surface area contributed by atoms with Gasteiger partial charge < -0.3 is 14.8 Å². The van der Waals surface area contributed by atoms with Crippen LogP contribution < -0.4 is 5.32 Å². The molecule has 1 aromatic carbocycles. The van der Waals surface area contributed by atoms with E-state index in [2.05, 4.69) is 10.3 Å². The van der Waals surface area contributed by atoms with Gasteiger partial charge in [-0.15, -0.1) is 0 Å². The number of morpholine rings is 1. The number of pyridine rings is 1. The Kier molecular flexibility index (Phi) is 5.87. The standard InChI is InChI=1S/C20H24ClN3O3/c1-20(2,3)27-19(25)24-10-11-26-13-17(24)14-4-7-16(8-5-14)23-18-9-6-15(21)12-22-18/h4-9,12,17H,10-11,13H2,1-3H3,(H,22,23). The molecule has 27 heavy (non-hydrogen) atoms. The van der Waals surface area contributed by atoms with Crippen molar-refractivity contribution in [1.29, 1.82) is 0 Å². The van der Waals surface area contributed by atoms with Crippen LogP contribution in [0.25, 0.3) is 0 Å². The molecular formula is C20H24ClN3O3. The molecule has 7 heteroatoms. The fraction of sp³-hybridized carbons (Fsp3) is 0.400. The maximum atomic E-state index is 12.5. The summed E-state index contributed by atoms with van der Waals surface area (Å²) in [5.74, 6) is 0.712. The summed E-state index contributed by atoms with van der Waals surface area (Å²) in [7, 11) is 0. The number of amides is 1. The summed E-state index contributed by atoms with van der Waals surface area (Å²) in [4.78, 5) is 18.5. The molecule has 1 fully saturated rings. The van der Waals surface area contributed by atoms with E-state index in [-0.39, 0.29) is 12.1 Å². The number of carbonyl (C=O) groups excluding carboxylic acids is 1. The van der Waals surface area contributed by atoms with Crippen LogP contribution in [0.1, 0.15) is 32.4 Å². The minimum Gasteiger partial charge on any atom is -0.444 e. The number of benzene rings is 1. The molecule has 1 saturated heterocycles. The second kappa shape index (κ2) is 8.15. The first-order valence-electron chi connectivity index (χ1n) is 8.88. The van der Waals surface area contributed by atoms with E-state index in [4.69, 9.17) is 21.1 Å². The first-order valence-corrected chi connectivity index (χ1v) is 9.25. The van der Waals surface area contributed by atoms with Crippen molar-refractivity contribution < 1.29 is 14.3 Å². The molecule has 1 aromatic heterocycles. The van der Waals surface area contributed by atoms with Crippen LogP contribution in [0.4, 0.5) is 16.3 Å². The maximum absolute atomic E-state index is 12.5. The third-order valence-corrected chi connectivity index (χ3v) is 4.28. The van der Waals surface area contributed by atoms with E-state index >= 15 is 0 Å². The van der Waals surface area contributed by atoms with Crippen molar-refractivity contribution in [3.05, 3.63) is 53.2 Å². The molecule has 1 N–H and O–H groups in total. The summed E-state index contributed by atoms with van der Waals surface area (Å²) in [6.45, 7) is 7.07. The summed E-state index contributed by atoms with van der Waals surface area (Å²) >= 11 is 5.86. The van der Waals surface area contributed by atoms with E-state index in [1.807, 2.05) is 51.1 Å². The van der Waals surface area contributed by atoms with Gasteiger partial charge in [-0.2, -0.15) is 0 Å². The smallest absolute Gasteiger partial charge is 0.410 e. The fourth-order valence-electron chi connectivity index (χ4n) is 2.81. The van der Waals surface area contributed by atoms with E-state index in [1.54, 1.807) is 17.2 Å². The van der Waals surface area contributed by atoms with E-state index in [1.165, 1.54) is 0 Å². The van der Waals surface area contributed by atoms with Gasteiger partial charge in [0.2, 0.25) is 0 Å². The molecule has 0 bridgehead atoms. The monoisotopic (exact) mass is 389 g/mol. The normalized spacial score (nSPS) is 17.5. The van der Waals surface area contributed by atoms with Crippen molar-refractivity contribution in [2.75, 3.05) is 25.1 Å². The van der Waals surface area contributed by atoms with Crippen molar-refractivity contribution in [3.8, 4) is 0 Å². The number of ether oxygens (including phenoxy) is 2. The van der Waals surface area contributed by atoms with Crippen molar-refractivity contribution in [2.24, 2.45) is 0 Å². The Hall–Kier alpha value is -2.31. The quantitative estimate of drug-likeness (QED) is 0.817. The third-order valence-electron chi connectivity index (χ3n) is 4.05. The number of hydrogen-bond acceptors (Lipinski definition) is 5. The minimum atomic E-state index is -0.528. The largest absolute Gasteiger partial charge is 0.444 e. The number of nitrogens with zero attached hydrogens (tertiary/aromatic N) is 2. The number of nitrogens with one attached hydrogen (secondary N) is 1.